The number of carbonyl (C=O) groups excluding carboxylic acids is 2. The number of amides is 2. The Bertz CT molecular complexity index is 1150. The van der Waals surface area contributed by atoms with Gasteiger partial charge in [-0.15, -0.1) is 0 Å². The van der Waals surface area contributed by atoms with Crippen LogP contribution in [-0.4, -0.2) is 49.0 Å². The number of carbonyl (C=O) groups is 2. The van der Waals surface area contributed by atoms with Crippen LogP contribution in [0, 0.1) is 19.8 Å². The third-order valence-electron chi connectivity index (χ3n) is 6.27. The summed E-state index contributed by atoms with van der Waals surface area (Å²) in [7, 11) is 1.98. The largest absolute Gasteiger partial charge is 0.351 e. The number of hydrogen-bond donors (Lipinski definition) is 2. The van der Waals surface area contributed by atoms with E-state index in [-0.39, 0.29) is 29.8 Å². The number of rotatable bonds is 6. The van der Waals surface area contributed by atoms with E-state index in [4.69, 9.17) is 0 Å². The number of nitrogens with zero attached hydrogens (tertiary/aromatic N) is 4. The highest BCUT2D eigenvalue weighted by Crippen LogP contribution is 2.34. The molecule has 2 amide bonds. The molecule has 0 spiro atoms. The monoisotopic (exact) mass is 448 g/mol. The summed E-state index contributed by atoms with van der Waals surface area (Å²) in [6.07, 6.45) is 1.05. The third-order valence-corrected chi connectivity index (χ3v) is 6.27. The first-order chi connectivity index (χ1) is 15.7. The average Bonchev–Trinajstić information content (AvgIpc) is 3.46. The number of hydrogen-bond acceptors (Lipinski definition) is 4. The second-order valence-electron chi connectivity index (χ2n) is 9.30. The highest BCUT2D eigenvalue weighted by molar-refractivity contribution is 5.97. The predicted molar refractivity (Wildman–Crippen MR) is 126 cm³/mol. The molecule has 0 radical (unpaired) electrons. The molecule has 2 aromatic heterocycles. The lowest BCUT2D eigenvalue weighted by Gasteiger charge is -2.22. The number of aromatic amines is 1. The summed E-state index contributed by atoms with van der Waals surface area (Å²) < 4.78 is 2.05. The van der Waals surface area contributed by atoms with Crippen molar-refractivity contribution in [1.82, 2.24) is 30.0 Å². The van der Waals surface area contributed by atoms with Crippen LogP contribution in [-0.2, 0) is 11.8 Å². The molecule has 1 aromatic carbocycles. The summed E-state index contributed by atoms with van der Waals surface area (Å²) >= 11 is 0. The Morgan fingerprint density at radius 2 is 1.94 bits per heavy atom. The third kappa shape index (κ3) is 4.69. The first-order valence-corrected chi connectivity index (χ1v) is 11.5. The Morgan fingerprint density at radius 1 is 1.21 bits per heavy atom. The molecular weight excluding hydrogens is 416 g/mol. The second-order valence-corrected chi connectivity index (χ2v) is 9.30. The zero-order valence-corrected chi connectivity index (χ0v) is 19.9. The first kappa shape index (κ1) is 22.8. The van der Waals surface area contributed by atoms with Gasteiger partial charge >= 0.3 is 0 Å². The van der Waals surface area contributed by atoms with Gasteiger partial charge in [0.1, 0.15) is 5.82 Å². The molecule has 174 valence electrons. The molecule has 0 unspecified atom stereocenters. The molecule has 8 heteroatoms. The van der Waals surface area contributed by atoms with E-state index in [0.29, 0.717) is 36.6 Å². The standard InChI is InChI=1S/C25H32N6O2/c1-15(2)11-23(32)27-19-12-22(24-26-17(4)28-29-24)31(14-19)25(33)20-13-21(30(5)16(20)3)18-9-7-6-8-10-18/h6-10,13,15,19,22H,11-12,14H2,1-5H3,(H,27,32)(H,26,28,29)/t19-,22-/m0/s1. The summed E-state index contributed by atoms with van der Waals surface area (Å²) in [4.78, 5) is 32.5. The van der Waals surface area contributed by atoms with Crippen LogP contribution in [0.25, 0.3) is 11.3 Å². The van der Waals surface area contributed by atoms with Crippen LogP contribution in [0.15, 0.2) is 36.4 Å². The number of aromatic nitrogens is 4. The molecule has 0 bridgehead atoms. The van der Waals surface area contributed by atoms with Crippen molar-refractivity contribution >= 4 is 11.8 Å². The molecule has 33 heavy (non-hydrogen) atoms. The van der Waals surface area contributed by atoms with Gasteiger partial charge in [0.25, 0.3) is 5.91 Å². The average molecular weight is 449 g/mol. The van der Waals surface area contributed by atoms with E-state index in [1.54, 1.807) is 4.90 Å². The van der Waals surface area contributed by atoms with Gasteiger partial charge in [0.2, 0.25) is 5.91 Å². The smallest absolute Gasteiger partial charge is 0.256 e. The van der Waals surface area contributed by atoms with Gasteiger partial charge in [0.15, 0.2) is 5.82 Å². The fourth-order valence-corrected chi connectivity index (χ4v) is 4.53. The van der Waals surface area contributed by atoms with Crippen molar-refractivity contribution < 1.29 is 9.59 Å². The van der Waals surface area contributed by atoms with E-state index < -0.39 is 0 Å². The topological polar surface area (TPSA) is 95.9 Å². The van der Waals surface area contributed by atoms with Crippen molar-refractivity contribution in [3.8, 4) is 11.3 Å². The minimum Gasteiger partial charge on any atom is -0.351 e. The lowest BCUT2D eigenvalue weighted by atomic mass is 10.1. The summed E-state index contributed by atoms with van der Waals surface area (Å²) in [5, 5.41) is 10.3. The van der Waals surface area contributed by atoms with Gasteiger partial charge in [-0.1, -0.05) is 44.2 Å². The Hall–Kier alpha value is -3.42. The van der Waals surface area contributed by atoms with Crippen molar-refractivity contribution in [2.75, 3.05) is 6.54 Å². The van der Waals surface area contributed by atoms with Gasteiger partial charge in [-0.3, -0.25) is 14.7 Å². The zero-order valence-electron chi connectivity index (χ0n) is 19.9. The molecule has 0 saturated carbocycles. The van der Waals surface area contributed by atoms with Gasteiger partial charge in [-0.2, -0.15) is 5.10 Å². The second kappa shape index (κ2) is 9.21. The van der Waals surface area contributed by atoms with E-state index in [1.807, 2.05) is 75.7 Å². The van der Waals surface area contributed by atoms with Crippen LogP contribution >= 0.6 is 0 Å². The maximum absolute atomic E-state index is 13.8. The fourth-order valence-electron chi connectivity index (χ4n) is 4.53. The molecule has 2 atom stereocenters. The summed E-state index contributed by atoms with van der Waals surface area (Å²) in [6, 6.07) is 11.6. The molecule has 2 N–H and O–H groups in total. The van der Waals surface area contributed by atoms with Crippen LogP contribution in [0.5, 0.6) is 0 Å². The highest BCUT2D eigenvalue weighted by atomic mass is 16.2. The molecule has 1 saturated heterocycles. The van der Waals surface area contributed by atoms with E-state index >= 15 is 0 Å². The van der Waals surface area contributed by atoms with Crippen LogP contribution in [0.1, 0.15) is 60.4 Å². The van der Waals surface area contributed by atoms with Crippen LogP contribution < -0.4 is 5.32 Å². The number of likely N-dealkylation sites (tertiary alicyclic amines) is 1. The van der Waals surface area contributed by atoms with E-state index in [9.17, 15) is 9.59 Å². The minimum atomic E-state index is -0.299. The fraction of sp³-hybridized carbons (Fsp3) is 0.440. The Kier molecular flexibility index (Phi) is 6.35. The predicted octanol–water partition coefficient (Wildman–Crippen LogP) is 3.55. The first-order valence-electron chi connectivity index (χ1n) is 11.5. The maximum atomic E-state index is 13.8. The summed E-state index contributed by atoms with van der Waals surface area (Å²) in [5.41, 5.74) is 3.60. The van der Waals surface area contributed by atoms with Gasteiger partial charge in [-0.05, 0) is 37.8 Å². The Balaban J connectivity index is 1.63. The molecule has 1 aliphatic rings. The molecule has 4 rings (SSSR count). The highest BCUT2D eigenvalue weighted by Gasteiger charge is 2.40. The summed E-state index contributed by atoms with van der Waals surface area (Å²) in [6.45, 7) is 8.27. The molecular formula is C25H32N6O2. The van der Waals surface area contributed by atoms with Crippen molar-refractivity contribution in [2.45, 2.75) is 52.6 Å². The number of nitrogens with one attached hydrogen (secondary N) is 2. The van der Waals surface area contributed by atoms with Crippen molar-refractivity contribution in [3.05, 3.63) is 59.3 Å². The van der Waals surface area contributed by atoms with Crippen molar-refractivity contribution in [3.63, 3.8) is 0 Å². The van der Waals surface area contributed by atoms with E-state index in [0.717, 1.165) is 17.0 Å². The van der Waals surface area contributed by atoms with Crippen LogP contribution in [0.2, 0.25) is 0 Å². The lowest BCUT2D eigenvalue weighted by molar-refractivity contribution is -0.122. The summed E-state index contributed by atoms with van der Waals surface area (Å²) in [5.74, 6) is 1.50. The van der Waals surface area contributed by atoms with Gasteiger partial charge in [0, 0.05) is 37.4 Å². The molecule has 3 heterocycles. The lowest BCUT2D eigenvalue weighted by Crippen LogP contribution is -2.39. The Morgan fingerprint density at radius 3 is 2.58 bits per heavy atom. The number of benzene rings is 1. The van der Waals surface area contributed by atoms with E-state index in [1.165, 1.54) is 0 Å². The Labute approximate surface area is 194 Å². The van der Waals surface area contributed by atoms with Crippen molar-refractivity contribution in [2.24, 2.45) is 13.0 Å². The number of aryl methyl sites for hydroxylation is 1. The SMILES string of the molecule is Cc1nc([C@@H]2C[C@H](NC(=O)CC(C)C)CN2C(=O)c2cc(-c3ccccc3)n(C)c2C)n[nH]1. The molecule has 1 fully saturated rings. The molecule has 8 nitrogen and oxygen atoms in total. The van der Waals surface area contributed by atoms with E-state index in [2.05, 4.69) is 20.5 Å². The zero-order chi connectivity index (χ0) is 23.7. The van der Waals surface area contributed by atoms with Crippen LogP contribution in [0.3, 0.4) is 0 Å². The quantitative estimate of drug-likeness (QED) is 0.603. The van der Waals surface area contributed by atoms with Crippen molar-refractivity contribution in [1.29, 1.82) is 0 Å². The van der Waals surface area contributed by atoms with Gasteiger partial charge < -0.3 is 14.8 Å². The van der Waals surface area contributed by atoms with Gasteiger partial charge in [0.05, 0.1) is 11.6 Å². The normalized spacial score (nSPS) is 18.2. The molecule has 3 aromatic rings. The molecule has 1 aliphatic heterocycles. The minimum absolute atomic E-state index is 0.0106. The maximum Gasteiger partial charge on any atom is 0.256 e. The number of H-pyrrole nitrogens is 1. The van der Waals surface area contributed by atoms with Gasteiger partial charge in [-0.25, -0.2) is 4.98 Å². The molecule has 0 aliphatic carbocycles. The van der Waals surface area contributed by atoms with Crippen LogP contribution in [0.4, 0.5) is 0 Å².